The number of hydrogen-bond acceptors (Lipinski definition) is 10. The molecule has 2 aromatic carbocycles. The molecule has 6 rings (SSSR count). The second kappa shape index (κ2) is 22.5. The maximum absolute atomic E-state index is 13.0. The molecule has 4 aliphatic heterocycles. The summed E-state index contributed by atoms with van der Waals surface area (Å²) in [5.74, 6) is 0.167. The molecule has 2 aromatic rings. The first-order valence-corrected chi connectivity index (χ1v) is 28.4. The van der Waals surface area contributed by atoms with Gasteiger partial charge in [-0.1, -0.05) is 50.3 Å². The van der Waals surface area contributed by atoms with Gasteiger partial charge < -0.3 is 19.7 Å². The number of anilines is 1. The first kappa shape index (κ1) is 52.2. The number of hydrogen-bond donors (Lipinski definition) is 4. The van der Waals surface area contributed by atoms with Crippen molar-refractivity contribution in [3.63, 3.8) is 0 Å². The highest BCUT2D eigenvalue weighted by Gasteiger charge is 2.53. The number of nitrogens with one attached hydrogen (secondary N) is 1. The van der Waals surface area contributed by atoms with E-state index < -0.39 is 46.9 Å². The molecule has 15 nitrogen and oxygen atoms in total. The number of ether oxygens (including phenoxy) is 2. The maximum atomic E-state index is 13.0. The second-order valence-corrected chi connectivity index (χ2v) is 23.0. The zero-order valence-electron chi connectivity index (χ0n) is 38.2. The highest BCUT2D eigenvalue weighted by atomic mass is 35.5. The Kier molecular flexibility index (Phi) is 17.8. The Hall–Kier alpha value is -3.20. The van der Waals surface area contributed by atoms with Crippen molar-refractivity contribution in [3.05, 3.63) is 70.4 Å². The molecule has 4 aliphatic rings. The lowest BCUT2D eigenvalue weighted by Gasteiger charge is -2.32. The molecule has 366 valence electrons. The van der Waals surface area contributed by atoms with Gasteiger partial charge in [0, 0.05) is 72.4 Å². The average molecular weight is 998 g/mol. The number of aryl methyl sites for hydroxylation is 2. The zero-order valence-corrected chi connectivity index (χ0v) is 41.4. The van der Waals surface area contributed by atoms with Gasteiger partial charge in [-0.05, 0) is 95.4 Å². The number of carbonyl (C=O) groups is 1. The molecule has 0 spiro atoms. The van der Waals surface area contributed by atoms with Crippen LogP contribution in [0, 0.1) is 0 Å². The third-order valence-corrected chi connectivity index (χ3v) is 16.4. The molecule has 0 radical (unpaired) electrons. The fourth-order valence-electron chi connectivity index (χ4n) is 10.5. The molecule has 0 fully saturated rings. The van der Waals surface area contributed by atoms with Crippen LogP contribution in [0.5, 0.6) is 0 Å². The Balaban J connectivity index is 1.20. The van der Waals surface area contributed by atoms with Crippen LogP contribution in [0.15, 0.2) is 58.0 Å². The van der Waals surface area contributed by atoms with Crippen molar-refractivity contribution in [1.82, 2.24) is 5.32 Å². The van der Waals surface area contributed by atoms with Crippen molar-refractivity contribution in [1.29, 1.82) is 0 Å². The van der Waals surface area contributed by atoms with Crippen LogP contribution in [0.3, 0.4) is 0 Å². The van der Waals surface area contributed by atoms with Crippen LogP contribution in [0.25, 0.3) is 0 Å². The highest BCUT2D eigenvalue weighted by Crippen LogP contribution is 2.56. The number of amides is 1. The van der Waals surface area contributed by atoms with E-state index in [1.54, 1.807) is 12.1 Å². The summed E-state index contributed by atoms with van der Waals surface area (Å²) in [6.45, 7) is 7.53. The molecule has 19 heteroatoms. The van der Waals surface area contributed by atoms with E-state index in [0.717, 1.165) is 78.9 Å². The smallest absolute Gasteiger partial charge is 0.295 e. The number of allylic oxidation sites excluding steroid dienone is 4. The van der Waals surface area contributed by atoms with Crippen LogP contribution in [0.2, 0.25) is 0 Å². The maximum Gasteiger partial charge on any atom is 0.295 e. The Bertz CT molecular complexity index is 2530. The monoisotopic (exact) mass is 996 g/mol. The van der Waals surface area contributed by atoms with Gasteiger partial charge in [0.05, 0.1) is 36.6 Å². The first-order chi connectivity index (χ1) is 31.3. The summed E-state index contributed by atoms with van der Waals surface area (Å²) in [4.78, 5) is 14.5. The lowest BCUT2D eigenvalue weighted by atomic mass is 9.74. The molecule has 0 saturated heterocycles. The molecule has 0 aromatic heterocycles. The molecule has 0 aliphatic carbocycles. The van der Waals surface area contributed by atoms with Crippen molar-refractivity contribution in [2.75, 3.05) is 62.6 Å². The molecular weight excluding hydrogens is 930 g/mol. The van der Waals surface area contributed by atoms with E-state index in [4.69, 9.17) is 21.1 Å². The largest absolute Gasteiger partial charge is 0.379 e. The lowest BCUT2D eigenvalue weighted by molar-refractivity contribution is -0.443. The quantitative estimate of drug-likeness (QED) is 0.0294. The van der Waals surface area contributed by atoms with Crippen LogP contribution in [-0.2, 0) is 68.3 Å². The van der Waals surface area contributed by atoms with Crippen LogP contribution in [0.1, 0.15) is 126 Å². The minimum atomic E-state index is -4.66. The predicted molar refractivity (Wildman–Crippen MR) is 255 cm³/mol. The Morgan fingerprint density at radius 3 is 2.12 bits per heavy atom. The van der Waals surface area contributed by atoms with Gasteiger partial charge in [-0.15, -0.1) is 11.6 Å². The molecule has 4 N–H and O–H groups in total. The predicted octanol–water partition coefficient (Wildman–Crippen LogP) is 7.60. The number of nitrogens with zero attached hydrogens (tertiary/aromatic N) is 2. The van der Waals surface area contributed by atoms with Gasteiger partial charge in [0.15, 0.2) is 5.71 Å². The number of benzene rings is 2. The number of carbonyl (C=O) groups excluding carboxylic acids is 1. The van der Waals surface area contributed by atoms with Gasteiger partial charge in [-0.2, -0.15) is 29.8 Å². The van der Waals surface area contributed by atoms with Gasteiger partial charge in [0.25, 0.3) is 30.4 Å². The van der Waals surface area contributed by atoms with Gasteiger partial charge in [0.2, 0.25) is 11.6 Å². The normalized spacial score (nSPS) is 21.0. The fourth-order valence-corrected chi connectivity index (χ4v) is 12.9. The van der Waals surface area contributed by atoms with E-state index in [2.05, 4.69) is 14.8 Å². The fraction of sp³-hybridized carbons (Fsp3) is 0.617. The van der Waals surface area contributed by atoms with Crippen molar-refractivity contribution in [2.24, 2.45) is 0 Å². The lowest BCUT2D eigenvalue weighted by Crippen LogP contribution is -2.33. The first-order valence-electron chi connectivity index (χ1n) is 23.3. The highest BCUT2D eigenvalue weighted by molar-refractivity contribution is 7.86. The summed E-state index contributed by atoms with van der Waals surface area (Å²) in [5.41, 5.74) is 4.22. The van der Waals surface area contributed by atoms with E-state index >= 15 is 0 Å². The summed E-state index contributed by atoms with van der Waals surface area (Å²) >= 11 is 5.71. The van der Waals surface area contributed by atoms with Crippen LogP contribution in [-0.4, -0.2) is 113 Å². The number of rotatable bonds is 27. The standard InChI is InChI=1S/C47H66ClN3O12S3/c1-46(24-7-5-6-19-41(52)49-27-31-63-33-32-62-30-10-4-3-9-26-48)39(50-28-13-15-35-20-22-37(65(56,57)58)42(46)44(35)50)17-12-18-40-47(2,25-8-11-34-64(53,54)55)43-38(66(59,60)61)23-21-36-16-14-29-51(40)45(36)43/h12,17-18,20-23H,3-11,13-16,19,24-34H2,1-2H3,(H3-,49,52,53,54,55,56,57,58,59,60,61)/p+1. The third-order valence-electron chi connectivity index (χ3n) is 13.5. The Morgan fingerprint density at radius 1 is 0.773 bits per heavy atom. The van der Waals surface area contributed by atoms with E-state index in [0.29, 0.717) is 114 Å². The Labute approximate surface area is 396 Å². The molecule has 0 saturated carbocycles. The summed E-state index contributed by atoms with van der Waals surface area (Å²) in [7, 11) is -13.5. The van der Waals surface area contributed by atoms with E-state index in [1.165, 1.54) is 12.1 Å². The van der Waals surface area contributed by atoms with Crippen molar-refractivity contribution in [3.8, 4) is 0 Å². The molecule has 66 heavy (non-hydrogen) atoms. The minimum absolute atomic E-state index is 0.0770. The van der Waals surface area contributed by atoms with Gasteiger partial charge >= 0.3 is 0 Å². The van der Waals surface area contributed by atoms with Crippen LogP contribution >= 0.6 is 11.6 Å². The zero-order chi connectivity index (χ0) is 47.8. The molecule has 0 bridgehead atoms. The van der Waals surface area contributed by atoms with Crippen molar-refractivity contribution >= 4 is 64.9 Å². The summed E-state index contributed by atoms with van der Waals surface area (Å²) in [6.07, 6.45) is 16.7. The van der Waals surface area contributed by atoms with E-state index in [1.807, 2.05) is 32.1 Å². The molecule has 1 amide bonds. The topological polar surface area (TPSA) is 217 Å². The number of halogens is 1. The van der Waals surface area contributed by atoms with Gasteiger partial charge in [-0.3, -0.25) is 18.5 Å². The third kappa shape index (κ3) is 12.3. The summed E-state index contributed by atoms with van der Waals surface area (Å²) in [6, 6.07) is 6.45. The van der Waals surface area contributed by atoms with Gasteiger partial charge in [0.1, 0.15) is 16.3 Å². The van der Waals surface area contributed by atoms with Crippen LogP contribution < -0.4 is 10.2 Å². The van der Waals surface area contributed by atoms with Gasteiger partial charge in [-0.25, -0.2) is 0 Å². The minimum Gasteiger partial charge on any atom is -0.379 e. The molecule has 2 atom stereocenters. The van der Waals surface area contributed by atoms with E-state index in [-0.39, 0.29) is 22.1 Å². The number of alkyl halides is 1. The average Bonchev–Trinajstić information content (AvgIpc) is 3.65. The SMILES string of the molecule is CC1(CCCCCC(=O)NCCOCCOCCCCCCCl)C(/C=C/C=C2\N3CCCc4ccc(S(=O)(=O)O)c(c43)C2(C)CCCCS(=O)(=O)O)=[N+]2CCCc3ccc(S(=O)(=O)O)c1c32. The van der Waals surface area contributed by atoms with E-state index in [9.17, 15) is 43.7 Å². The summed E-state index contributed by atoms with van der Waals surface area (Å²) in [5, 5.41) is 2.91. The Morgan fingerprint density at radius 2 is 1.41 bits per heavy atom. The molecule has 4 heterocycles. The summed E-state index contributed by atoms with van der Waals surface area (Å²) < 4.78 is 119. The molecular formula is C47H67ClN3O12S3+. The van der Waals surface area contributed by atoms with Crippen molar-refractivity contribution < 1.29 is 57.8 Å². The second-order valence-electron chi connectivity index (χ2n) is 18.3. The van der Waals surface area contributed by atoms with Crippen molar-refractivity contribution in [2.45, 2.75) is 137 Å². The van der Waals surface area contributed by atoms with Crippen LogP contribution in [0.4, 0.5) is 11.4 Å². The molecule has 2 unspecified atom stereocenters. The number of unbranched alkanes of at least 4 members (excludes halogenated alkanes) is 6.